The molecule has 1 rings (SSSR count). The molecule has 0 saturated carbocycles. The van der Waals surface area contributed by atoms with Gasteiger partial charge in [0.15, 0.2) is 0 Å². The molecule has 0 unspecified atom stereocenters. The molecule has 0 atom stereocenters. The normalized spacial score (nSPS) is 10.1. The summed E-state index contributed by atoms with van der Waals surface area (Å²) in [5.74, 6) is 0.983. The molecule has 88 valence electrons. The molecule has 0 N–H and O–H groups in total. The van der Waals surface area contributed by atoms with Crippen LogP contribution in [0.15, 0.2) is 24.3 Å². The van der Waals surface area contributed by atoms with Gasteiger partial charge in [-0.15, -0.1) is 0 Å². The third-order valence-corrected chi connectivity index (χ3v) is 2.26. The molecule has 0 radical (unpaired) electrons. The zero-order valence-electron chi connectivity index (χ0n) is 9.86. The number of benzene rings is 1. The smallest absolute Gasteiger partial charge is 0.139 e. The van der Waals surface area contributed by atoms with Gasteiger partial charge in [-0.25, -0.2) is 0 Å². The largest absolute Gasteiger partial charge is 0.497 e. The van der Waals surface area contributed by atoms with Crippen LogP contribution in [0.4, 0.5) is 0 Å². The van der Waals surface area contributed by atoms with E-state index >= 15 is 0 Å². The summed E-state index contributed by atoms with van der Waals surface area (Å²) in [7, 11) is 1.62. The topological polar surface area (TPSA) is 35.5 Å². The summed E-state index contributed by atoms with van der Waals surface area (Å²) in [6, 6.07) is 7.58. The van der Waals surface area contributed by atoms with Crippen LogP contribution in [0.2, 0.25) is 0 Å². The van der Waals surface area contributed by atoms with E-state index in [1.54, 1.807) is 7.11 Å². The quantitative estimate of drug-likeness (QED) is 0.664. The van der Waals surface area contributed by atoms with E-state index in [-0.39, 0.29) is 5.78 Å². The number of carbonyl (C=O) groups excluding carboxylic acids is 1. The van der Waals surface area contributed by atoms with E-state index in [0.29, 0.717) is 26.1 Å². The lowest BCUT2D eigenvalue weighted by molar-refractivity contribution is -0.119. The lowest BCUT2D eigenvalue weighted by Crippen LogP contribution is -2.07. The number of ether oxygens (including phenoxy) is 2. The van der Waals surface area contributed by atoms with Crippen LogP contribution in [0, 0.1) is 0 Å². The number of methoxy groups -OCH3 is 1. The van der Waals surface area contributed by atoms with E-state index < -0.39 is 0 Å². The van der Waals surface area contributed by atoms with Crippen molar-refractivity contribution in [1.29, 1.82) is 0 Å². The predicted molar refractivity (Wildman–Crippen MR) is 62.8 cm³/mol. The number of hydrogen-bond acceptors (Lipinski definition) is 3. The first kappa shape index (κ1) is 12.7. The van der Waals surface area contributed by atoms with Crippen molar-refractivity contribution in [3.8, 4) is 5.75 Å². The molecule has 1 aromatic carbocycles. The van der Waals surface area contributed by atoms with E-state index in [0.717, 1.165) is 11.3 Å². The van der Waals surface area contributed by atoms with E-state index in [2.05, 4.69) is 0 Å². The predicted octanol–water partition coefficient (Wildman–Crippen LogP) is 2.23. The molecule has 3 nitrogen and oxygen atoms in total. The SMILES string of the molecule is CCOCCC(=O)Cc1cccc(OC)c1. The van der Waals surface area contributed by atoms with Crippen LogP contribution in [-0.2, 0) is 16.0 Å². The fraction of sp³-hybridized carbons (Fsp3) is 0.462. The highest BCUT2D eigenvalue weighted by Crippen LogP contribution is 2.13. The highest BCUT2D eigenvalue weighted by molar-refractivity contribution is 5.81. The van der Waals surface area contributed by atoms with Crippen molar-refractivity contribution in [3.05, 3.63) is 29.8 Å². The summed E-state index contributed by atoms with van der Waals surface area (Å²) in [6.45, 7) is 3.10. The van der Waals surface area contributed by atoms with Gasteiger partial charge in [0, 0.05) is 19.4 Å². The number of ketones is 1. The maximum absolute atomic E-state index is 11.6. The number of carbonyl (C=O) groups is 1. The third kappa shape index (κ3) is 4.45. The standard InChI is InChI=1S/C13H18O3/c1-3-16-8-7-12(14)9-11-5-4-6-13(10-11)15-2/h4-6,10H,3,7-9H2,1-2H3. The Morgan fingerprint density at radius 1 is 1.38 bits per heavy atom. The molecule has 0 heterocycles. The summed E-state index contributed by atoms with van der Waals surface area (Å²) in [5, 5.41) is 0. The molecule has 0 amide bonds. The first-order valence-electron chi connectivity index (χ1n) is 5.48. The highest BCUT2D eigenvalue weighted by Gasteiger charge is 2.04. The van der Waals surface area contributed by atoms with Crippen LogP contribution in [0.25, 0.3) is 0 Å². The maximum atomic E-state index is 11.6. The van der Waals surface area contributed by atoms with Gasteiger partial charge in [-0.2, -0.15) is 0 Å². The van der Waals surface area contributed by atoms with Crippen molar-refractivity contribution in [2.45, 2.75) is 19.8 Å². The minimum atomic E-state index is 0.196. The zero-order valence-corrected chi connectivity index (χ0v) is 9.86. The molecule has 0 spiro atoms. The Kier molecular flexibility index (Phi) is 5.57. The van der Waals surface area contributed by atoms with Crippen LogP contribution in [0.1, 0.15) is 18.9 Å². The average molecular weight is 222 g/mol. The van der Waals surface area contributed by atoms with Gasteiger partial charge in [0.1, 0.15) is 11.5 Å². The monoisotopic (exact) mass is 222 g/mol. The summed E-state index contributed by atoms with van der Waals surface area (Å²) in [4.78, 5) is 11.6. The van der Waals surface area contributed by atoms with Crippen molar-refractivity contribution < 1.29 is 14.3 Å². The molecule has 16 heavy (non-hydrogen) atoms. The van der Waals surface area contributed by atoms with Crippen molar-refractivity contribution in [2.24, 2.45) is 0 Å². The second-order valence-electron chi connectivity index (χ2n) is 3.51. The van der Waals surface area contributed by atoms with Crippen molar-refractivity contribution in [2.75, 3.05) is 20.3 Å². The van der Waals surface area contributed by atoms with Gasteiger partial charge >= 0.3 is 0 Å². The van der Waals surface area contributed by atoms with Gasteiger partial charge in [0.2, 0.25) is 0 Å². The minimum absolute atomic E-state index is 0.196. The van der Waals surface area contributed by atoms with E-state index in [1.165, 1.54) is 0 Å². The zero-order chi connectivity index (χ0) is 11.8. The van der Waals surface area contributed by atoms with Crippen molar-refractivity contribution >= 4 is 5.78 Å². The Morgan fingerprint density at radius 2 is 2.19 bits per heavy atom. The minimum Gasteiger partial charge on any atom is -0.497 e. The maximum Gasteiger partial charge on any atom is 0.139 e. The molecule has 0 aliphatic rings. The van der Waals surface area contributed by atoms with Crippen LogP contribution >= 0.6 is 0 Å². The van der Waals surface area contributed by atoms with E-state index in [9.17, 15) is 4.79 Å². The highest BCUT2D eigenvalue weighted by atomic mass is 16.5. The van der Waals surface area contributed by atoms with Crippen molar-refractivity contribution in [1.82, 2.24) is 0 Å². The van der Waals surface area contributed by atoms with E-state index in [1.807, 2.05) is 31.2 Å². The van der Waals surface area contributed by atoms with Crippen LogP contribution in [-0.4, -0.2) is 26.1 Å². The van der Waals surface area contributed by atoms with Gasteiger partial charge in [-0.05, 0) is 24.6 Å². The lowest BCUT2D eigenvalue weighted by Gasteiger charge is -2.04. The Hall–Kier alpha value is -1.35. The molecule has 3 heteroatoms. The molecule has 0 aromatic heterocycles. The molecule has 0 bridgehead atoms. The Morgan fingerprint density at radius 3 is 2.88 bits per heavy atom. The van der Waals surface area contributed by atoms with Gasteiger partial charge in [0.05, 0.1) is 13.7 Å². The molecular formula is C13H18O3. The van der Waals surface area contributed by atoms with Gasteiger partial charge in [-0.3, -0.25) is 4.79 Å². The van der Waals surface area contributed by atoms with Gasteiger partial charge < -0.3 is 9.47 Å². The first-order valence-corrected chi connectivity index (χ1v) is 5.48. The third-order valence-electron chi connectivity index (χ3n) is 2.26. The summed E-state index contributed by atoms with van der Waals surface area (Å²) >= 11 is 0. The summed E-state index contributed by atoms with van der Waals surface area (Å²) < 4.78 is 10.2. The number of hydrogen-bond donors (Lipinski definition) is 0. The van der Waals surface area contributed by atoms with E-state index in [4.69, 9.17) is 9.47 Å². The van der Waals surface area contributed by atoms with Gasteiger partial charge in [-0.1, -0.05) is 12.1 Å². The lowest BCUT2D eigenvalue weighted by atomic mass is 10.1. The van der Waals surface area contributed by atoms with Crippen LogP contribution in [0.3, 0.4) is 0 Å². The molecule has 0 fully saturated rings. The number of rotatable bonds is 7. The summed E-state index contributed by atoms with van der Waals surface area (Å²) in [5.41, 5.74) is 0.987. The second kappa shape index (κ2) is 7.01. The van der Waals surface area contributed by atoms with Crippen LogP contribution < -0.4 is 4.74 Å². The molecule has 0 saturated heterocycles. The average Bonchev–Trinajstić information content (AvgIpc) is 2.29. The Balaban J connectivity index is 2.43. The van der Waals surface area contributed by atoms with Gasteiger partial charge in [0.25, 0.3) is 0 Å². The molecule has 0 aliphatic heterocycles. The Labute approximate surface area is 96.4 Å². The fourth-order valence-electron chi connectivity index (χ4n) is 1.43. The first-order chi connectivity index (χ1) is 7.76. The van der Waals surface area contributed by atoms with Crippen LogP contribution in [0.5, 0.6) is 5.75 Å². The van der Waals surface area contributed by atoms with Crippen molar-refractivity contribution in [3.63, 3.8) is 0 Å². The Bertz CT molecular complexity index is 334. The molecule has 0 aliphatic carbocycles. The fourth-order valence-corrected chi connectivity index (χ4v) is 1.43. The molecule has 1 aromatic rings. The number of Topliss-reactive ketones (excluding diaryl/α,β-unsaturated/α-hetero) is 1. The second-order valence-corrected chi connectivity index (χ2v) is 3.51. The molecular weight excluding hydrogens is 204 g/mol. The summed E-state index contributed by atoms with van der Waals surface area (Å²) in [6.07, 6.45) is 0.926.